The van der Waals surface area contributed by atoms with Crippen LogP contribution in [0.1, 0.15) is 37.4 Å². The number of hydrogen-bond acceptors (Lipinski definition) is 6. The highest BCUT2D eigenvalue weighted by atomic mass is 35.5. The third-order valence-electron chi connectivity index (χ3n) is 5.17. The number of aliphatic hydroxyl groups excluding tert-OH is 1. The van der Waals surface area contributed by atoms with Crippen molar-refractivity contribution in [3.63, 3.8) is 0 Å². The summed E-state index contributed by atoms with van der Waals surface area (Å²) in [5.74, 6) is -0.532. The molecule has 1 heterocycles. The highest BCUT2D eigenvalue weighted by Crippen LogP contribution is 2.36. The number of aliphatic hydroxyl groups is 1. The molecule has 8 nitrogen and oxygen atoms in total. The molecule has 3 rings (SSSR count). The smallest absolute Gasteiger partial charge is 0.480 e. The second kappa shape index (κ2) is 10.7. The maximum atomic E-state index is 12.4. The van der Waals surface area contributed by atoms with Gasteiger partial charge >= 0.3 is 6.36 Å². The summed E-state index contributed by atoms with van der Waals surface area (Å²) in [6.45, 7) is 3.54. The van der Waals surface area contributed by atoms with Gasteiger partial charge in [0.2, 0.25) is 5.91 Å². The van der Waals surface area contributed by atoms with Crippen LogP contribution in [-0.4, -0.2) is 54.7 Å². The van der Waals surface area contributed by atoms with Crippen LogP contribution in [0.4, 0.5) is 13.2 Å². The minimum atomic E-state index is -4.68. The zero-order chi connectivity index (χ0) is 24.2. The Balaban J connectivity index is 1.30. The predicted molar refractivity (Wildman–Crippen MR) is 110 cm³/mol. The SMILES string of the molecule is C=C(CCNC(=O)[C@H]1C[C@@H](O)c2cc(Cl)ccc2O1)NC(=O)COC1CC(OC(F)(F)F)C1. The van der Waals surface area contributed by atoms with E-state index in [0.29, 0.717) is 22.0 Å². The Kier molecular flexibility index (Phi) is 8.22. The summed E-state index contributed by atoms with van der Waals surface area (Å²) in [7, 11) is 0. The van der Waals surface area contributed by atoms with Gasteiger partial charge in [-0.3, -0.25) is 14.3 Å². The van der Waals surface area contributed by atoms with E-state index in [9.17, 15) is 27.9 Å². The van der Waals surface area contributed by atoms with Crippen LogP contribution < -0.4 is 15.4 Å². The standard InChI is InChI=1S/C21H24ClF3N2O6/c1-11(27-19(29)10-31-13-7-14(8-13)33-21(23,24)25)4-5-26-20(30)18-9-16(28)15-6-12(22)2-3-17(15)32-18/h2-3,6,13-14,16,18,28H,1,4-5,7-10H2,(H,26,30)(H,27,29)/t13?,14?,16-,18-/m1/s1. The number of amides is 2. The molecule has 1 fully saturated rings. The first kappa shape index (κ1) is 25.3. The van der Waals surface area contributed by atoms with Crippen molar-refractivity contribution in [3.05, 3.63) is 41.1 Å². The van der Waals surface area contributed by atoms with Crippen molar-refractivity contribution in [1.82, 2.24) is 10.6 Å². The molecule has 0 spiro atoms. The lowest BCUT2D eigenvalue weighted by Gasteiger charge is -2.34. The molecule has 0 saturated heterocycles. The second-order valence-corrected chi connectivity index (χ2v) is 8.26. The molecule has 1 aromatic carbocycles. The maximum Gasteiger partial charge on any atom is 0.522 e. The van der Waals surface area contributed by atoms with Crippen molar-refractivity contribution in [1.29, 1.82) is 0 Å². The molecule has 3 N–H and O–H groups in total. The largest absolute Gasteiger partial charge is 0.522 e. The van der Waals surface area contributed by atoms with Crippen molar-refractivity contribution in [2.75, 3.05) is 13.2 Å². The van der Waals surface area contributed by atoms with Crippen molar-refractivity contribution in [2.45, 2.75) is 56.5 Å². The van der Waals surface area contributed by atoms with Crippen molar-refractivity contribution in [2.24, 2.45) is 0 Å². The second-order valence-electron chi connectivity index (χ2n) is 7.82. The normalized spacial score (nSPS) is 24.2. The Labute approximate surface area is 193 Å². The Morgan fingerprint density at radius 3 is 2.67 bits per heavy atom. The molecule has 12 heteroatoms. The fourth-order valence-electron chi connectivity index (χ4n) is 3.46. The van der Waals surface area contributed by atoms with Crippen molar-refractivity contribution in [3.8, 4) is 5.75 Å². The minimum Gasteiger partial charge on any atom is -0.480 e. The summed E-state index contributed by atoms with van der Waals surface area (Å²) >= 11 is 5.91. The van der Waals surface area contributed by atoms with E-state index in [2.05, 4.69) is 21.9 Å². The number of halogens is 4. The Hall–Kier alpha value is -2.34. The number of fused-ring (bicyclic) bond motifs is 1. The van der Waals surface area contributed by atoms with Gasteiger partial charge in [-0.1, -0.05) is 18.2 Å². The van der Waals surface area contributed by atoms with Crippen LogP contribution in [0.3, 0.4) is 0 Å². The molecule has 1 saturated carbocycles. The topological polar surface area (TPSA) is 106 Å². The van der Waals surface area contributed by atoms with E-state index in [4.69, 9.17) is 21.1 Å². The number of hydrogen-bond donors (Lipinski definition) is 3. The first-order valence-electron chi connectivity index (χ1n) is 10.3. The summed E-state index contributed by atoms with van der Waals surface area (Å²) in [5.41, 5.74) is 0.857. The lowest BCUT2D eigenvalue weighted by Crippen LogP contribution is -2.43. The van der Waals surface area contributed by atoms with Gasteiger partial charge < -0.3 is 25.2 Å². The summed E-state index contributed by atoms with van der Waals surface area (Å²) < 4.78 is 50.9. The fourth-order valence-corrected chi connectivity index (χ4v) is 3.64. The molecule has 33 heavy (non-hydrogen) atoms. The molecule has 0 radical (unpaired) electrons. The molecule has 2 aliphatic rings. The van der Waals surface area contributed by atoms with Gasteiger partial charge in [-0.25, -0.2) is 0 Å². The number of benzene rings is 1. The monoisotopic (exact) mass is 492 g/mol. The molecule has 0 unspecified atom stereocenters. The molecule has 182 valence electrons. The zero-order valence-electron chi connectivity index (χ0n) is 17.5. The Morgan fingerprint density at radius 2 is 1.97 bits per heavy atom. The van der Waals surface area contributed by atoms with E-state index in [0.717, 1.165) is 0 Å². The van der Waals surface area contributed by atoms with Crippen molar-refractivity contribution < 1.29 is 42.1 Å². The van der Waals surface area contributed by atoms with Crippen LogP contribution in [0.25, 0.3) is 0 Å². The third kappa shape index (κ3) is 7.60. The van der Waals surface area contributed by atoms with Gasteiger partial charge in [0.25, 0.3) is 5.91 Å². The van der Waals surface area contributed by atoms with Crippen LogP contribution in [0.15, 0.2) is 30.5 Å². The summed E-state index contributed by atoms with van der Waals surface area (Å²) in [4.78, 5) is 24.2. The summed E-state index contributed by atoms with van der Waals surface area (Å²) in [6, 6.07) is 4.78. The lowest BCUT2D eigenvalue weighted by atomic mass is 9.92. The molecular formula is C21H24ClF3N2O6. The molecule has 2 amide bonds. The van der Waals surface area contributed by atoms with Gasteiger partial charge in [0.05, 0.1) is 18.3 Å². The van der Waals surface area contributed by atoms with Gasteiger partial charge in [0, 0.05) is 48.5 Å². The molecule has 0 bridgehead atoms. The predicted octanol–water partition coefficient (Wildman–Crippen LogP) is 2.74. The van der Waals surface area contributed by atoms with Gasteiger partial charge in [-0.2, -0.15) is 0 Å². The maximum absolute atomic E-state index is 12.4. The average Bonchev–Trinajstić information content (AvgIpc) is 2.69. The van der Waals surface area contributed by atoms with Gasteiger partial charge in [-0.15, -0.1) is 13.2 Å². The highest BCUT2D eigenvalue weighted by molar-refractivity contribution is 6.30. The lowest BCUT2D eigenvalue weighted by molar-refractivity contribution is -0.357. The van der Waals surface area contributed by atoms with Crippen LogP contribution in [-0.2, 0) is 19.1 Å². The molecule has 1 aromatic rings. The van der Waals surface area contributed by atoms with E-state index >= 15 is 0 Å². The van der Waals surface area contributed by atoms with E-state index < -0.39 is 42.6 Å². The molecule has 0 aromatic heterocycles. The Morgan fingerprint density at radius 1 is 1.24 bits per heavy atom. The quantitative estimate of drug-likeness (QED) is 0.489. The average molecular weight is 493 g/mol. The van der Waals surface area contributed by atoms with Crippen LogP contribution in [0.2, 0.25) is 5.02 Å². The number of ether oxygens (including phenoxy) is 3. The Bertz CT molecular complexity index is 891. The number of carbonyl (C=O) groups excluding carboxylic acids is 2. The molecule has 1 aliphatic carbocycles. The van der Waals surface area contributed by atoms with Gasteiger partial charge in [0.1, 0.15) is 12.4 Å². The third-order valence-corrected chi connectivity index (χ3v) is 5.41. The van der Waals surface area contributed by atoms with Gasteiger partial charge in [-0.05, 0) is 18.2 Å². The van der Waals surface area contributed by atoms with Crippen LogP contribution in [0, 0.1) is 0 Å². The van der Waals surface area contributed by atoms with E-state index in [1.54, 1.807) is 18.2 Å². The number of alkyl halides is 3. The summed E-state index contributed by atoms with van der Waals surface area (Å²) in [5, 5.41) is 15.9. The highest BCUT2D eigenvalue weighted by Gasteiger charge is 2.40. The van der Waals surface area contributed by atoms with Crippen LogP contribution >= 0.6 is 11.6 Å². The minimum absolute atomic E-state index is 0.0647. The van der Waals surface area contributed by atoms with Crippen molar-refractivity contribution >= 4 is 23.4 Å². The molecule has 2 atom stereocenters. The number of rotatable bonds is 9. The first-order valence-corrected chi connectivity index (χ1v) is 10.6. The molecule has 1 aliphatic heterocycles. The summed E-state index contributed by atoms with van der Waals surface area (Å²) in [6.07, 6.45) is -7.42. The van der Waals surface area contributed by atoms with E-state index in [1.807, 2.05) is 0 Å². The fraction of sp³-hybridized carbons (Fsp3) is 0.524. The van der Waals surface area contributed by atoms with Crippen LogP contribution in [0.5, 0.6) is 5.75 Å². The number of nitrogens with one attached hydrogen (secondary N) is 2. The van der Waals surface area contributed by atoms with Gasteiger partial charge in [0.15, 0.2) is 6.10 Å². The first-order chi connectivity index (χ1) is 15.5. The van der Waals surface area contributed by atoms with E-state index in [1.165, 1.54) is 0 Å². The van der Waals surface area contributed by atoms with E-state index in [-0.39, 0.29) is 38.8 Å². The zero-order valence-corrected chi connectivity index (χ0v) is 18.2. The molecular weight excluding hydrogens is 469 g/mol. The number of carbonyl (C=O) groups is 2.